The van der Waals surface area contributed by atoms with Crippen molar-refractivity contribution in [2.75, 3.05) is 6.61 Å². The molecule has 0 saturated carbocycles. The number of unbranched alkanes of at least 4 members (excludes halogenated alkanes) is 7. The average molecular weight is 493 g/mol. The van der Waals surface area contributed by atoms with Crippen molar-refractivity contribution < 1.29 is 18.7 Å². The van der Waals surface area contributed by atoms with E-state index in [0.717, 1.165) is 42.9 Å². The van der Waals surface area contributed by atoms with E-state index in [4.69, 9.17) is 9.47 Å². The van der Waals surface area contributed by atoms with Gasteiger partial charge in [-0.15, -0.1) is 0 Å². The second kappa shape index (κ2) is 15.0. The maximum atomic E-state index is 14.4. The lowest BCUT2D eigenvalue weighted by Gasteiger charge is -2.09. The Balaban J connectivity index is 1.49. The number of hydrogen-bond donors (Lipinski definition) is 0. The molecule has 0 atom stereocenters. The Morgan fingerprint density at radius 1 is 0.833 bits per heavy atom. The van der Waals surface area contributed by atoms with Crippen LogP contribution in [0.4, 0.5) is 4.39 Å². The van der Waals surface area contributed by atoms with E-state index in [1.54, 1.807) is 24.3 Å². The molecule has 2 aromatic carbocycles. The van der Waals surface area contributed by atoms with Crippen molar-refractivity contribution in [1.82, 2.24) is 9.97 Å². The van der Waals surface area contributed by atoms with E-state index in [2.05, 4.69) is 23.8 Å². The van der Waals surface area contributed by atoms with Crippen LogP contribution in [0, 0.1) is 5.82 Å². The molecule has 6 heteroatoms. The van der Waals surface area contributed by atoms with Gasteiger partial charge in [0.05, 0.1) is 12.2 Å². The number of hydrogen-bond acceptors (Lipinski definition) is 5. The van der Waals surface area contributed by atoms with Crippen LogP contribution in [0.3, 0.4) is 0 Å². The monoisotopic (exact) mass is 492 g/mol. The molecule has 0 radical (unpaired) electrons. The van der Waals surface area contributed by atoms with Gasteiger partial charge in [-0.1, -0.05) is 58.8 Å². The van der Waals surface area contributed by atoms with Crippen LogP contribution in [0.25, 0.3) is 11.4 Å². The topological polar surface area (TPSA) is 61.3 Å². The second-order valence-corrected chi connectivity index (χ2v) is 9.05. The Bertz CT molecular complexity index is 1070. The fourth-order valence-electron chi connectivity index (χ4n) is 3.86. The summed E-state index contributed by atoms with van der Waals surface area (Å²) >= 11 is 0. The molecule has 1 heterocycles. The normalized spacial score (nSPS) is 10.9. The molecule has 0 unspecified atom stereocenters. The van der Waals surface area contributed by atoms with Gasteiger partial charge in [0.2, 0.25) is 0 Å². The third-order valence-corrected chi connectivity index (χ3v) is 6.02. The van der Waals surface area contributed by atoms with E-state index in [1.165, 1.54) is 50.7 Å². The maximum absolute atomic E-state index is 14.4. The van der Waals surface area contributed by atoms with Crippen molar-refractivity contribution in [3.05, 3.63) is 71.8 Å². The number of aryl methyl sites for hydroxylation is 1. The highest BCUT2D eigenvalue weighted by atomic mass is 19.1. The zero-order valence-electron chi connectivity index (χ0n) is 21.5. The molecular formula is C30H37FN2O3. The second-order valence-electron chi connectivity index (χ2n) is 9.05. The summed E-state index contributed by atoms with van der Waals surface area (Å²) in [4.78, 5) is 21.4. The molecule has 0 N–H and O–H groups in total. The summed E-state index contributed by atoms with van der Waals surface area (Å²) < 4.78 is 25.4. The predicted molar refractivity (Wildman–Crippen MR) is 141 cm³/mol. The number of esters is 1. The molecule has 192 valence electrons. The number of rotatable bonds is 15. The minimum Gasteiger partial charge on any atom is -0.491 e. The number of ether oxygens (including phenoxy) is 2. The molecule has 0 aliphatic rings. The maximum Gasteiger partial charge on any atom is 0.343 e. The highest BCUT2D eigenvalue weighted by Gasteiger charge is 2.13. The molecule has 0 aliphatic heterocycles. The van der Waals surface area contributed by atoms with E-state index in [1.807, 2.05) is 12.4 Å². The molecular weight excluding hydrogens is 455 g/mol. The first-order chi connectivity index (χ1) is 17.6. The number of halogens is 1. The van der Waals surface area contributed by atoms with E-state index in [9.17, 15) is 9.18 Å². The number of carbonyl (C=O) groups excluding carboxylic acids is 1. The molecule has 5 nitrogen and oxygen atoms in total. The van der Waals surface area contributed by atoms with E-state index < -0.39 is 11.8 Å². The summed E-state index contributed by atoms with van der Waals surface area (Å²) in [7, 11) is 0. The average Bonchev–Trinajstić information content (AvgIpc) is 2.90. The Kier molecular flexibility index (Phi) is 11.4. The summed E-state index contributed by atoms with van der Waals surface area (Å²) in [5, 5.41) is 0. The molecule has 0 bridgehead atoms. The van der Waals surface area contributed by atoms with Gasteiger partial charge in [0.1, 0.15) is 5.75 Å². The van der Waals surface area contributed by atoms with Gasteiger partial charge >= 0.3 is 5.97 Å². The standard InChI is InChI=1S/C30H37FN2O3/c1-3-5-7-8-9-11-19-35-28-18-15-25(20-27(28)31)30(34)36-26-16-13-24(14-17-26)29-32-21-23(22-33-29)12-10-6-4-2/h13-18,20-22H,3-12,19H2,1-2H3. The molecule has 3 rings (SSSR count). The Hall–Kier alpha value is -3.28. The van der Waals surface area contributed by atoms with Gasteiger partial charge in [0.25, 0.3) is 0 Å². The van der Waals surface area contributed by atoms with Crippen LogP contribution in [0.2, 0.25) is 0 Å². The van der Waals surface area contributed by atoms with Gasteiger partial charge < -0.3 is 9.47 Å². The van der Waals surface area contributed by atoms with E-state index in [0.29, 0.717) is 18.2 Å². The van der Waals surface area contributed by atoms with Gasteiger partial charge in [-0.3, -0.25) is 0 Å². The molecule has 1 aromatic heterocycles. The molecule has 0 saturated heterocycles. The van der Waals surface area contributed by atoms with Crippen molar-refractivity contribution in [2.24, 2.45) is 0 Å². The molecule has 0 fully saturated rings. The van der Waals surface area contributed by atoms with Crippen LogP contribution in [0.1, 0.15) is 87.6 Å². The number of aromatic nitrogens is 2. The summed E-state index contributed by atoms with van der Waals surface area (Å²) in [5.74, 6) is -0.0619. The van der Waals surface area contributed by atoms with Crippen LogP contribution in [-0.4, -0.2) is 22.5 Å². The smallest absolute Gasteiger partial charge is 0.343 e. The minimum absolute atomic E-state index is 0.130. The summed E-state index contributed by atoms with van der Waals surface area (Å²) in [5.41, 5.74) is 2.09. The van der Waals surface area contributed by atoms with Crippen LogP contribution >= 0.6 is 0 Å². The highest BCUT2D eigenvalue weighted by molar-refractivity contribution is 5.91. The number of carbonyl (C=O) groups is 1. The highest BCUT2D eigenvalue weighted by Crippen LogP contribution is 2.23. The van der Waals surface area contributed by atoms with Gasteiger partial charge in [-0.2, -0.15) is 0 Å². The van der Waals surface area contributed by atoms with Crippen molar-refractivity contribution in [2.45, 2.75) is 78.1 Å². The van der Waals surface area contributed by atoms with Crippen LogP contribution in [0.15, 0.2) is 54.9 Å². The van der Waals surface area contributed by atoms with Gasteiger partial charge in [0, 0.05) is 18.0 Å². The third-order valence-electron chi connectivity index (χ3n) is 6.02. The molecule has 0 spiro atoms. The quantitative estimate of drug-likeness (QED) is 0.122. The first-order valence-corrected chi connectivity index (χ1v) is 13.2. The van der Waals surface area contributed by atoms with Crippen molar-refractivity contribution in [3.63, 3.8) is 0 Å². The third kappa shape index (κ3) is 8.74. The zero-order chi connectivity index (χ0) is 25.6. The first kappa shape index (κ1) is 27.3. The van der Waals surface area contributed by atoms with Crippen molar-refractivity contribution in [3.8, 4) is 22.9 Å². The van der Waals surface area contributed by atoms with Gasteiger partial charge in [0.15, 0.2) is 17.4 Å². The zero-order valence-corrected chi connectivity index (χ0v) is 21.5. The van der Waals surface area contributed by atoms with Crippen LogP contribution < -0.4 is 9.47 Å². The molecule has 3 aromatic rings. The summed E-state index contributed by atoms with van der Waals surface area (Å²) in [6.07, 6.45) is 15.0. The lowest BCUT2D eigenvalue weighted by atomic mass is 10.1. The van der Waals surface area contributed by atoms with E-state index in [-0.39, 0.29) is 11.3 Å². The van der Waals surface area contributed by atoms with Crippen LogP contribution in [0.5, 0.6) is 11.5 Å². The predicted octanol–water partition coefficient (Wildman–Crippen LogP) is 7.97. The Morgan fingerprint density at radius 3 is 2.19 bits per heavy atom. The summed E-state index contributed by atoms with van der Waals surface area (Å²) in [6, 6.07) is 11.1. The van der Waals surface area contributed by atoms with Crippen LogP contribution in [-0.2, 0) is 6.42 Å². The van der Waals surface area contributed by atoms with Gasteiger partial charge in [-0.25, -0.2) is 19.2 Å². The molecule has 36 heavy (non-hydrogen) atoms. The largest absolute Gasteiger partial charge is 0.491 e. The lowest BCUT2D eigenvalue weighted by molar-refractivity contribution is 0.0734. The SMILES string of the molecule is CCCCCCCCOc1ccc(C(=O)Oc2ccc(-c3ncc(CCCCC)cn3)cc2)cc1F. The number of nitrogens with zero attached hydrogens (tertiary/aromatic N) is 2. The Labute approximate surface area is 214 Å². The molecule has 0 amide bonds. The Morgan fingerprint density at radius 2 is 1.50 bits per heavy atom. The fraction of sp³-hybridized carbons (Fsp3) is 0.433. The van der Waals surface area contributed by atoms with Crippen molar-refractivity contribution in [1.29, 1.82) is 0 Å². The summed E-state index contributed by atoms with van der Waals surface area (Å²) in [6.45, 7) is 4.83. The van der Waals surface area contributed by atoms with Crippen molar-refractivity contribution >= 4 is 5.97 Å². The first-order valence-electron chi connectivity index (χ1n) is 13.2. The molecule has 0 aliphatic carbocycles. The minimum atomic E-state index is -0.628. The number of benzene rings is 2. The van der Waals surface area contributed by atoms with E-state index >= 15 is 0 Å². The van der Waals surface area contributed by atoms with Gasteiger partial charge in [-0.05, 0) is 67.3 Å². The fourth-order valence-corrected chi connectivity index (χ4v) is 3.86. The lowest BCUT2D eigenvalue weighted by Crippen LogP contribution is -2.09.